The summed E-state index contributed by atoms with van der Waals surface area (Å²) in [7, 11) is 0. The fraction of sp³-hybridized carbons (Fsp3) is 0.450. The Morgan fingerprint density at radius 2 is 1.85 bits per heavy atom. The zero-order chi connectivity index (χ0) is 19.5. The average molecular weight is 443 g/mol. The van der Waals surface area contributed by atoms with E-state index in [1.807, 2.05) is 18.2 Å². The quantitative estimate of drug-likeness (QED) is 0.641. The molecule has 3 rings (SSSR count). The van der Waals surface area contributed by atoms with E-state index >= 15 is 0 Å². The van der Waals surface area contributed by atoms with Gasteiger partial charge in [0.05, 0.1) is 24.0 Å². The van der Waals surface area contributed by atoms with Crippen LogP contribution in [0.4, 0.5) is 13.2 Å². The van der Waals surface area contributed by atoms with Crippen molar-refractivity contribution in [1.29, 1.82) is 0 Å². The topological polar surface area (TPSA) is 34.1 Å². The molecule has 0 saturated carbocycles. The van der Waals surface area contributed by atoms with E-state index in [4.69, 9.17) is 4.74 Å². The van der Waals surface area contributed by atoms with Crippen LogP contribution in [-0.2, 0) is 16.3 Å². The highest BCUT2D eigenvalue weighted by Gasteiger charge is 2.35. The number of nitrogens with one attached hydrogen (secondary N) is 1. The van der Waals surface area contributed by atoms with E-state index in [0.29, 0.717) is 6.61 Å². The number of pyridine rings is 1. The van der Waals surface area contributed by atoms with E-state index in [9.17, 15) is 13.2 Å². The molecule has 0 spiro atoms. The third-order valence-electron chi connectivity index (χ3n) is 5.11. The second-order valence-corrected chi connectivity index (χ2v) is 7.76. The first-order valence-electron chi connectivity index (χ1n) is 8.93. The standard InChI is InChI=1S/C20H22BrF3N2O/c1-14(17-11-16(20(22,23)24)12-18(21)26-17)27-13-19(7-9-25-10-8-19)15-5-3-2-4-6-15/h2-6,11-12,14,25H,7-10,13H2,1H3. The smallest absolute Gasteiger partial charge is 0.371 e. The molecule has 1 N–H and O–H groups in total. The van der Waals surface area contributed by atoms with Crippen molar-refractivity contribution in [2.45, 2.75) is 37.5 Å². The molecule has 1 saturated heterocycles. The summed E-state index contributed by atoms with van der Waals surface area (Å²) in [6, 6.07) is 12.2. The first-order chi connectivity index (χ1) is 12.8. The predicted octanol–water partition coefficient (Wildman–Crippen LogP) is 5.26. The molecular weight excluding hydrogens is 421 g/mol. The maximum absolute atomic E-state index is 13.1. The van der Waals surface area contributed by atoms with Gasteiger partial charge in [0, 0.05) is 5.41 Å². The van der Waals surface area contributed by atoms with Crippen LogP contribution in [0.25, 0.3) is 0 Å². The number of ether oxygens (including phenoxy) is 1. The fourth-order valence-corrected chi connectivity index (χ4v) is 3.92. The van der Waals surface area contributed by atoms with Crippen LogP contribution in [-0.4, -0.2) is 24.7 Å². The van der Waals surface area contributed by atoms with Gasteiger partial charge in [0.25, 0.3) is 0 Å². The first-order valence-corrected chi connectivity index (χ1v) is 9.72. The van der Waals surface area contributed by atoms with Crippen molar-refractivity contribution in [3.05, 3.63) is 63.9 Å². The Labute approximate surface area is 165 Å². The molecule has 7 heteroatoms. The minimum absolute atomic E-state index is 0.139. The van der Waals surface area contributed by atoms with Crippen LogP contribution in [0, 0.1) is 0 Å². The Hall–Kier alpha value is -1.44. The number of aromatic nitrogens is 1. The lowest BCUT2D eigenvalue weighted by molar-refractivity contribution is -0.137. The van der Waals surface area contributed by atoms with Crippen molar-refractivity contribution in [3.8, 4) is 0 Å². The number of hydrogen-bond donors (Lipinski definition) is 1. The maximum atomic E-state index is 13.1. The van der Waals surface area contributed by atoms with Crippen molar-refractivity contribution < 1.29 is 17.9 Å². The second kappa shape index (κ2) is 8.29. The summed E-state index contributed by atoms with van der Waals surface area (Å²) >= 11 is 3.07. The third kappa shape index (κ3) is 4.89. The Bertz CT molecular complexity index is 762. The summed E-state index contributed by atoms with van der Waals surface area (Å²) in [5.41, 5.74) is 0.611. The summed E-state index contributed by atoms with van der Waals surface area (Å²) in [5, 5.41) is 3.36. The van der Waals surface area contributed by atoms with Crippen molar-refractivity contribution in [1.82, 2.24) is 10.3 Å². The third-order valence-corrected chi connectivity index (χ3v) is 5.52. The molecular formula is C20H22BrF3N2O. The van der Waals surface area contributed by atoms with E-state index in [1.54, 1.807) is 6.92 Å². The zero-order valence-corrected chi connectivity index (χ0v) is 16.6. The van der Waals surface area contributed by atoms with Crippen molar-refractivity contribution in [2.24, 2.45) is 0 Å². The van der Waals surface area contributed by atoms with E-state index in [-0.39, 0.29) is 15.7 Å². The lowest BCUT2D eigenvalue weighted by Crippen LogP contribution is -2.43. The molecule has 0 amide bonds. The van der Waals surface area contributed by atoms with Gasteiger partial charge in [0.1, 0.15) is 4.60 Å². The number of benzene rings is 1. The molecule has 1 atom stereocenters. The Balaban J connectivity index is 1.79. The van der Waals surface area contributed by atoms with E-state index in [1.165, 1.54) is 5.56 Å². The van der Waals surface area contributed by atoms with Gasteiger partial charge in [-0.25, -0.2) is 4.98 Å². The molecule has 1 unspecified atom stereocenters. The van der Waals surface area contributed by atoms with Crippen molar-refractivity contribution in [3.63, 3.8) is 0 Å². The van der Waals surface area contributed by atoms with Gasteiger partial charge in [0.15, 0.2) is 0 Å². The maximum Gasteiger partial charge on any atom is 0.416 e. The summed E-state index contributed by atoms with van der Waals surface area (Å²) in [4.78, 5) is 4.19. The Morgan fingerprint density at radius 1 is 1.19 bits per heavy atom. The first kappa shape index (κ1) is 20.3. The molecule has 1 aliphatic rings. The predicted molar refractivity (Wildman–Crippen MR) is 102 cm³/mol. The average Bonchev–Trinajstić information content (AvgIpc) is 2.66. The molecule has 3 nitrogen and oxygen atoms in total. The molecule has 146 valence electrons. The molecule has 2 aromatic rings. The molecule has 1 aromatic carbocycles. The Kier molecular flexibility index (Phi) is 6.23. The lowest BCUT2D eigenvalue weighted by atomic mass is 9.74. The normalized spacial score (nSPS) is 18.3. The second-order valence-electron chi connectivity index (χ2n) is 6.95. The van der Waals surface area contributed by atoms with E-state index in [2.05, 4.69) is 38.4 Å². The molecule has 2 heterocycles. The van der Waals surface area contributed by atoms with Crippen LogP contribution in [0.1, 0.15) is 42.7 Å². The van der Waals surface area contributed by atoms with Crippen LogP contribution in [0.3, 0.4) is 0 Å². The van der Waals surface area contributed by atoms with Crippen molar-refractivity contribution in [2.75, 3.05) is 19.7 Å². The molecule has 1 fully saturated rings. The van der Waals surface area contributed by atoms with Gasteiger partial charge in [-0.1, -0.05) is 30.3 Å². The number of halogens is 4. The van der Waals surface area contributed by atoms with E-state index in [0.717, 1.165) is 38.1 Å². The van der Waals surface area contributed by atoms with Crippen LogP contribution in [0.2, 0.25) is 0 Å². The number of piperidine rings is 1. The fourth-order valence-electron chi connectivity index (χ4n) is 3.47. The highest BCUT2D eigenvalue weighted by molar-refractivity contribution is 9.10. The minimum Gasteiger partial charge on any atom is -0.371 e. The van der Waals surface area contributed by atoms with Gasteiger partial charge in [-0.2, -0.15) is 13.2 Å². The SMILES string of the molecule is CC(OCC1(c2ccccc2)CCNCC1)c1cc(C(F)(F)F)cc(Br)n1. The van der Waals surface area contributed by atoms with Gasteiger partial charge in [0.2, 0.25) is 0 Å². The lowest BCUT2D eigenvalue weighted by Gasteiger charge is -2.38. The van der Waals surface area contributed by atoms with Gasteiger partial charge in [-0.05, 0) is 66.5 Å². The minimum atomic E-state index is -4.42. The summed E-state index contributed by atoms with van der Waals surface area (Å²) in [6.07, 6.45) is -3.12. The van der Waals surface area contributed by atoms with Crippen LogP contribution < -0.4 is 5.32 Å². The molecule has 0 bridgehead atoms. The number of nitrogens with zero attached hydrogens (tertiary/aromatic N) is 1. The van der Waals surface area contributed by atoms with Gasteiger partial charge in [-0.15, -0.1) is 0 Å². The number of rotatable bonds is 5. The van der Waals surface area contributed by atoms with Gasteiger partial charge < -0.3 is 10.1 Å². The summed E-state index contributed by atoms with van der Waals surface area (Å²) in [5.74, 6) is 0. The molecule has 0 radical (unpaired) electrons. The van der Waals surface area contributed by atoms with Gasteiger partial charge in [-0.3, -0.25) is 0 Å². The monoisotopic (exact) mass is 442 g/mol. The number of hydrogen-bond acceptors (Lipinski definition) is 3. The highest BCUT2D eigenvalue weighted by atomic mass is 79.9. The highest BCUT2D eigenvalue weighted by Crippen LogP contribution is 2.36. The van der Waals surface area contributed by atoms with Crippen LogP contribution in [0.15, 0.2) is 47.1 Å². The number of alkyl halides is 3. The van der Waals surface area contributed by atoms with Gasteiger partial charge >= 0.3 is 6.18 Å². The van der Waals surface area contributed by atoms with E-state index < -0.39 is 17.8 Å². The zero-order valence-electron chi connectivity index (χ0n) is 15.0. The molecule has 0 aliphatic carbocycles. The van der Waals surface area contributed by atoms with Crippen LogP contribution in [0.5, 0.6) is 0 Å². The van der Waals surface area contributed by atoms with Crippen LogP contribution >= 0.6 is 15.9 Å². The van der Waals surface area contributed by atoms with Crippen molar-refractivity contribution >= 4 is 15.9 Å². The molecule has 1 aliphatic heterocycles. The molecule has 1 aromatic heterocycles. The largest absolute Gasteiger partial charge is 0.416 e. The summed E-state index contributed by atoms with van der Waals surface area (Å²) < 4.78 is 45.4. The Morgan fingerprint density at radius 3 is 2.48 bits per heavy atom. The summed E-state index contributed by atoms with van der Waals surface area (Å²) in [6.45, 7) is 3.96. The molecule has 27 heavy (non-hydrogen) atoms.